The van der Waals surface area contributed by atoms with Crippen LogP contribution in [0.2, 0.25) is 0 Å². The molecule has 42 heavy (non-hydrogen) atoms. The first kappa shape index (κ1) is 31.0. The molecule has 3 aromatic carbocycles. The van der Waals surface area contributed by atoms with E-state index in [1.54, 1.807) is 0 Å². The number of nitrogens with two attached hydrogens (primary N) is 1. The van der Waals surface area contributed by atoms with Crippen molar-refractivity contribution >= 4 is 17.0 Å². The monoisotopic (exact) mass is 593 g/mol. The van der Waals surface area contributed by atoms with Gasteiger partial charge in [0.05, 0.1) is 16.6 Å². The van der Waals surface area contributed by atoms with Crippen molar-refractivity contribution in [1.29, 1.82) is 0 Å². The summed E-state index contributed by atoms with van der Waals surface area (Å²) in [6.45, 7) is 4.79. The molecule has 4 aromatic rings. The van der Waals surface area contributed by atoms with Crippen LogP contribution in [0.3, 0.4) is 0 Å². The van der Waals surface area contributed by atoms with Gasteiger partial charge in [-0.1, -0.05) is 42.5 Å². The third-order valence-corrected chi connectivity index (χ3v) is 6.71. The van der Waals surface area contributed by atoms with Gasteiger partial charge in [-0.25, -0.2) is 9.78 Å². The number of carboxylic acids is 1. The molecular formula is C29H29F6N5O2. The van der Waals surface area contributed by atoms with Gasteiger partial charge in [-0.15, -0.1) is 0 Å². The normalized spacial score (nSPS) is 15.9. The number of H-pyrrole nitrogens is 1. The molecule has 5 rings (SSSR count). The topological polar surface area (TPSA) is 107 Å². The number of nitrogens with zero attached hydrogens (tertiary/aromatic N) is 2. The Kier molecular flexibility index (Phi) is 9.54. The highest BCUT2D eigenvalue weighted by Crippen LogP contribution is 2.32. The predicted molar refractivity (Wildman–Crippen MR) is 146 cm³/mol. The lowest BCUT2D eigenvalue weighted by Crippen LogP contribution is -2.32. The summed E-state index contributed by atoms with van der Waals surface area (Å²) in [6.07, 6.45) is -8.39. The van der Waals surface area contributed by atoms with Crippen LogP contribution in [-0.2, 0) is 17.5 Å². The minimum absolute atomic E-state index is 0.312. The molecule has 224 valence electrons. The molecule has 0 saturated carbocycles. The number of aliphatic carboxylic acids is 1. The number of fused-ring (bicyclic) bond motifs is 1. The summed E-state index contributed by atoms with van der Waals surface area (Å²) in [5.41, 5.74) is 10.4. The van der Waals surface area contributed by atoms with E-state index in [0.717, 1.165) is 68.0 Å². The van der Waals surface area contributed by atoms with Gasteiger partial charge < -0.3 is 26.0 Å². The van der Waals surface area contributed by atoms with Gasteiger partial charge in [0, 0.05) is 37.8 Å². The van der Waals surface area contributed by atoms with Gasteiger partial charge in [0.15, 0.2) is 0 Å². The molecule has 1 unspecified atom stereocenters. The van der Waals surface area contributed by atoms with Crippen LogP contribution in [-0.4, -0.2) is 64.3 Å². The van der Waals surface area contributed by atoms with Crippen molar-refractivity contribution in [3.05, 3.63) is 77.9 Å². The fraction of sp³-hybridized carbons (Fsp3) is 0.310. The molecule has 1 aliphatic rings. The molecule has 0 radical (unpaired) electrons. The molecule has 7 nitrogen and oxygen atoms in total. The molecule has 0 aliphatic carbocycles. The number of hydrogen-bond acceptors (Lipinski definition) is 5. The molecule has 1 atom stereocenters. The fourth-order valence-electron chi connectivity index (χ4n) is 4.54. The van der Waals surface area contributed by atoms with E-state index in [4.69, 9.17) is 15.6 Å². The van der Waals surface area contributed by atoms with Gasteiger partial charge in [-0.3, -0.25) is 0 Å². The molecule has 1 saturated heterocycles. The van der Waals surface area contributed by atoms with E-state index < -0.39 is 23.9 Å². The molecule has 1 aliphatic heterocycles. The van der Waals surface area contributed by atoms with Crippen molar-refractivity contribution in [1.82, 2.24) is 20.2 Å². The first-order valence-electron chi connectivity index (χ1n) is 13.0. The van der Waals surface area contributed by atoms with Gasteiger partial charge >= 0.3 is 18.3 Å². The number of halogens is 6. The second-order valence-electron chi connectivity index (χ2n) is 9.92. The standard InChI is InChI=1S/C27H28F3N5.C2HF3O2/c28-27(29,30)22-8-9-24-25(15-22)34-26(33-24)20-6-4-19(5-7-20)21-3-1-2-18(14-21)16-32-11-13-35-12-10-23(31)17-35;3-2(4,5)1(6)7/h1-9,14-15,23,32H,10-13,16-17,31H2,(H,33,34);(H,6,7). The summed E-state index contributed by atoms with van der Waals surface area (Å²) in [5, 5.41) is 10.6. The van der Waals surface area contributed by atoms with Crippen molar-refractivity contribution in [3.63, 3.8) is 0 Å². The van der Waals surface area contributed by atoms with Crippen molar-refractivity contribution < 1.29 is 36.2 Å². The molecule has 5 N–H and O–H groups in total. The molecule has 0 amide bonds. The Bertz CT molecular complexity index is 1500. The Balaban J connectivity index is 0.000000517. The second-order valence-corrected chi connectivity index (χ2v) is 9.92. The Labute approximate surface area is 237 Å². The molecule has 1 fully saturated rings. The molecule has 0 bridgehead atoms. The van der Waals surface area contributed by atoms with Gasteiger partial charge in [0.25, 0.3) is 0 Å². The average molecular weight is 594 g/mol. The highest BCUT2D eigenvalue weighted by molar-refractivity contribution is 5.80. The largest absolute Gasteiger partial charge is 0.490 e. The number of rotatable bonds is 7. The van der Waals surface area contributed by atoms with Crippen LogP contribution in [0.25, 0.3) is 33.5 Å². The van der Waals surface area contributed by atoms with Crippen molar-refractivity contribution in [2.24, 2.45) is 5.73 Å². The summed E-state index contributed by atoms with van der Waals surface area (Å²) < 4.78 is 70.7. The third-order valence-electron chi connectivity index (χ3n) is 6.71. The summed E-state index contributed by atoms with van der Waals surface area (Å²) >= 11 is 0. The molecule has 2 heterocycles. The van der Waals surface area contributed by atoms with E-state index in [2.05, 4.69) is 44.5 Å². The molecule has 1 aromatic heterocycles. The average Bonchev–Trinajstić information content (AvgIpc) is 3.56. The summed E-state index contributed by atoms with van der Waals surface area (Å²) in [7, 11) is 0. The maximum Gasteiger partial charge on any atom is 0.490 e. The fourth-order valence-corrected chi connectivity index (χ4v) is 4.54. The van der Waals surface area contributed by atoms with Gasteiger partial charge in [-0.05, 0) is 53.9 Å². The smallest absolute Gasteiger partial charge is 0.475 e. The summed E-state index contributed by atoms with van der Waals surface area (Å²) in [6, 6.07) is 20.2. The number of imidazole rings is 1. The second kappa shape index (κ2) is 12.9. The van der Waals surface area contributed by atoms with Crippen LogP contribution in [0.1, 0.15) is 17.5 Å². The van der Waals surface area contributed by atoms with Crippen LogP contribution in [0.5, 0.6) is 0 Å². The van der Waals surface area contributed by atoms with E-state index in [1.165, 1.54) is 11.6 Å². The lowest BCUT2D eigenvalue weighted by Gasteiger charge is -2.15. The number of aromatic amines is 1. The Morgan fingerprint density at radius 1 is 1.00 bits per heavy atom. The van der Waals surface area contributed by atoms with Crippen molar-refractivity contribution in [2.45, 2.75) is 31.4 Å². The van der Waals surface area contributed by atoms with Crippen molar-refractivity contribution in [3.8, 4) is 22.5 Å². The lowest BCUT2D eigenvalue weighted by atomic mass is 10.0. The number of hydrogen-bond donors (Lipinski definition) is 4. The Hall–Kier alpha value is -3.94. The van der Waals surface area contributed by atoms with Crippen LogP contribution in [0.4, 0.5) is 26.3 Å². The van der Waals surface area contributed by atoms with E-state index in [0.29, 0.717) is 22.9 Å². The highest BCUT2D eigenvalue weighted by Gasteiger charge is 2.38. The number of aromatic nitrogens is 2. The minimum atomic E-state index is -5.08. The number of benzene rings is 3. The quantitative estimate of drug-likeness (QED) is 0.163. The van der Waals surface area contributed by atoms with Gasteiger partial charge in [0.1, 0.15) is 5.82 Å². The lowest BCUT2D eigenvalue weighted by molar-refractivity contribution is -0.192. The maximum atomic E-state index is 13.0. The number of carboxylic acid groups (broad SMARTS) is 1. The van der Waals surface area contributed by atoms with E-state index in [1.807, 2.05) is 24.3 Å². The zero-order valence-electron chi connectivity index (χ0n) is 22.3. The zero-order chi connectivity index (χ0) is 30.5. The van der Waals surface area contributed by atoms with Gasteiger partial charge in [-0.2, -0.15) is 26.3 Å². The van der Waals surface area contributed by atoms with Gasteiger partial charge in [0.2, 0.25) is 0 Å². The molecule has 13 heteroatoms. The van der Waals surface area contributed by atoms with Crippen LogP contribution in [0.15, 0.2) is 66.7 Å². The van der Waals surface area contributed by atoms with E-state index >= 15 is 0 Å². The third kappa shape index (κ3) is 8.30. The highest BCUT2D eigenvalue weighted by atomic mass is 19.4. The first-order chi connectivity index (χ1) is 19.8. The predicted octanol–water partition coefficient (Wildman–Crippen LogP) is 5.67. The number of nitrogens with one attached hydrogen (secondary N) is 2. The minimum Gasteiger partial charge on any atom is -0.475 e. The maximum absolute atomic E-state index is 13.0. The number of alkyl halides is 6. The summed E-state index contributed by atoms with van der Waals surface area (Å²) in [4.78, 5) is 18.8. The zero-order valence-corrected chi connectivity index (χ0v) is 22.3. The molecular weight excluding hydrogens is 564 g/mol. The number of carbonyl (C=O) groups is 1. The van der Waals surface area contributed by atoms with Crippen LogP contribution >= 0.6 is 0 Å². The van der Waals surface area contributed by atoms with E-state index in [-0.39, 0.29) is 0 Å². The van der Waals surface area contributed by atoms with Crippen molar-refractivity contribution in [2.75, 3.05) is 26.2 Å². The first-order valence-corrected chi connectivity index (χ1v) is 13.0. The van der Waals surface area contributed by atoms with Crippen LogP contribution in [0, 0.1) is 0 Å². The Morgan fingerprint density at radius 2 is 1.69 bits per heavy atom. The molecule has 0 spiro atoms. The number of likely N-dealkylation sites (tertiary alicyclic amines) is 1. The van der Waals surface area contributed by atoms with E-state index in [9.17, 15) is 26.3 Å². The SMILES string of the molecule is NC1CCN(CCNCc2cccc(-c3ccc(-c4nc5ccc(C(F)(F)F)cc5[nH]4)cc3)c2)C1.O=C(O)C(F)(F)F. The summed E-state index contributed by atoms with van der Waals surface area (Å²) in [5.74, 6) is -2.21. The van der Waals surface area contributed by atoms with Crippen LogP contribution < -0.4 is 11.1 Å². The Morgan fingerprint density at radius 3 is 2.31 bits per heavy atom.